The Bertz CT molecular complexity index is 231. The number of hydrogen-bond acceptors (Lipinski definition) is 3. The van der Waals surface area contributed by atoms with Crippen LogP contribution in [0.1, 0.15) is 39.5 Å². The molecule has 0 heterocycles. The second-order valence-electron chi connectivity index (χ2n) is 5.17. The van der Waals surface area contributed by atoms with E-state index in [1.807, 2.05) is 13.8 Å². The summed E-state index contributed by atoms with van der Waals surface area (Å²) in [5, 5.41) is 12.1. The van der Waals surface area contributed by atoms with Gasteiger partial charge in [0.05, 0.1) is 12.6 Å². The van der Waals surface area contributed by atoms with E-state index in [1.54, 1.807) is 0 Å². The first-order valence-corrected chi connectivity index (χ1v) is 6.21. The van der Waals surface area contributed by atoms with Gasteiger partial charge in [0, 0.05) is 12.0 Å². The number of rotatable bonds is 4. The Balaban J connectivity index is 2.44. The highest BCUT2D eigenvalue weighted by Gasteiger charge is 2.27. The number of hydrogen-bond donors (Lipinski definition) is 3. The van der Waals surface area contributed by atoms with Crippen LogP contribution in [0.25, 0.3) is 0 Å². The van der Waals surface area contributed by atoms with Gasteiger partial charge in [0.15, 0.2) is 0 Å². The quantitative estimate of drug-likeness (QED) is 0.661. The predicted octanol–water partition coefficient (Wildman–Crippen LogP) is 0.637. The van der Waals surface area contributed by atoms with E-state index < -0.39 is 0 Å². The molecule has 1 rings (SSSR count). The molecule has 3 atom stereocenters. The standard InChI is InChI=1S/C12H24N2O2/c1-8(2)11(7-15)14-12(16)9-4-3-5-10(13)6-9/h8-11,15H,3-7,13H2,1-2H3,(H,14,16). The van der Waals surface area contributed by atoms with Gasteiger partial charge in [-0.1, -0.05) is 20.3 Å². The van der Waals surface area contributed by atoms with E-state index in [0.29, 0.717) is 0 Å². The van der Waals surface area contributed by atoms with Crippen molar-refractivity contribution in [3.63, 3.8) is 0 Å². The number of nitrogens with one attached hydrogen (secondary N) is 1. The van der Waals surface area contributed by atoms with Crippen LogP contribution in [0.3, 0.4) is 0 Å². The monoisotopic (exact) mass is 228 g/mol. The Morgan fingerprint density at radius 2 is 2.19 bits per heavy atom. The summed E-state index contributed by atoms with van der Waals surface area (Å²) in [4.78, 5) is 11.9. The third kappa shape index (κ3) is 3.76. The first kappa shape index (κ1) is 13.5. The SMILES string of the molecule is CC(C)C(CO)NC(=O)C1CCCC(N)C1. The van der Waals surface area contributed by atoms with Crippen molar-refractivity contribution in [1.29, 1.82) is 0 Å². The Kier molecular flexibility index (Phi) is 5.22. The van der Waals surface area contributed by atoms with Crippen LogP contribution in [0.4, 0.5) is 0 Å². The highest BCUT2D eigenvalue weighted by Crippen LogP contribution is 2.23. The summed E-state index contributed by atoms with van der Waals surface area (Å²) in [7, 11) is 0. The smallest absolute Gasteiger partial charge is 0.223 e. The van der Waals surface area contributed by atoms with E-state index in [4.69, 9.17) is 10.8 Å². The maximum absolute atomic E-state index is 11.9. The van der Waals surface area contributed by atoms with E-state index in [9.17, 15) is 4.79 Å². The van der Waals surface area contributed by atoms with Gasteiger partial charge in [0.2, 0.25) is 5.91 Å². The van der Waals surface area contributed by atoms with Gasteiger partial charge in [-0.25, -0.2) is 0 Å². The maximum atomic E-state index is 11.9. The molecule has 4 heteroatoms. The molecule has 1 aliphatic rings. The summed E-state index contributed by atoms with van der Waals surface area (Å²) >= 11 is 0. The molecule has 1 amide bonds. The van der Waals surface area contributed by atoms with Gasteiger partial charge in [0.1, 0.15) is 0 Å². The minimum absolute atomic E-state index is 0.00216. The molecule has 3 unspecified atom stereocenters. The molecule has 1 aliphatic carbocycles. The van der Waals surface area contributed by atoms with Crippen LogP contribution in [0.5, 0.6) is 0 Å². The van der Waals surface area contributed by atoms with Gasteiger partial charge in [-0.15, -0.1) is 0 Å². The highest BCUT2D eigenvalue weighted by molar-refractivity contribution is 5.79. The molecule has 0 spiro atoms. The fraction of sp³-hybridized carbons (Fsp3) is 0.917. The molecule has 0 aromatic heterocycles. The van der Waals surface area contributed by atoms with E-state index in [2.05, 4.69) is 5.32 Å². The first-order chi connectivity index (χ1) is 7.54. The van der Waals surface area contributed by atoms with Crippen molar-refractivity contribution in [2.75, 3.05) is 6.61 Å². The number of carbonyl (C=O) groups is 1. The molecule has 4 nitrogen and oxygen atoms in total. The molecular weight excluding hydrogens is 204 g/mol. The molecule has 0 bridgehead atoms. The predicted molar refractivity (Wildman–Crippen MR) is 63.8 cm³/mol. The van der Waals surface area contributed by atoms with Crippen molar-refractivity contribution in [2.24, 2.45) is 17.6 Å². The number of amides is 1. The van der Waals surface area contributed by atoms with Gasteiger partial charge >= 0.3 is 0 Å². The number of aliphatic hydroxyl groups is 1. The molecule has 1 fully saturated rings. The molecule has 0 aliphatic heterocycles. The van der Waals surface area contributed by atoms with Gasteiger partial charge < -0.3 is 16.2 Å². The Morgan fingerprint density at radius 1 is 1.50 bits per heavy atom. The van der Waals surface area contributed by atoms with Gasteiger partial charge in [0.25, 0.3) is 0 Å². The van der Waals surface area contributed by atoms with E-state index in [-0.39, 0.29) is 36.4 Å². The lowest BCUT2D eigenvalue weighted by atomic mass is 9.85. The summed E-state index contributed by atoms with van der Waals surface area (Å²) in [5.74, 6) is 0.352. The van der Waals surface area contributed by atoms with Gasteiger partial charge in [-0.2, -0.15) is 0 Å². The largest absolute Gasteiger partial charge is 0.394 e. The molecule has 0 radical (unpaired) electrons. The zero-order valence-electron chi connectivity index (χ0n) is 10.3. The summed E-state index contributed by atoms with van der Waals surface area (Å²) in [6, 6.07) is 0.0294. The summed E-state index contributed by atoms with van der Waals surface area (Å²) < 4.78 is 0. The average Bonchev–Trinajstić information content (AvgIpc) is 2.25. The zero-order valence-corrected chi connectivity index (χ0v) is 10.3. The van der Waals surface area contributed by atoms with Gasteiger partial charge in [-0.05, 0) is 25.2 Å². The van der Waals surface area contributed by atoms with Crippen molar-refractivity contribution in [3.8, 4) is 0 Å². The molecule has 0 saturated heterocycles. The maximum Gasteiger partial charge on any atom is 0.223 e. The number of carbonyl (C=O) groups excluding carboxylic acids is 1. The van der Waals surface area contributed by atoms with E-state index in [1.165, 1.54) is 0 Å². The third-order valence-electron chi connectivity index (χ3n) is 3.41. The summed E-state index contributed by atoms with van der Waals surface area (Å²) in [6.07, 6.45) is 3.76. The topological polar surface area (TPSA) is 75.3 Å². The van der Waals surface area contributed by atoms with Crippen LogP contribution in [-0.2, 0) is 4.79 Å². The second-order valence-corrected chi connectivity index (χ2v) is 5.17. The normalized spacial score (nSPS) is 27.8. The van der Waals surface area contributed by atoms with Crippen LogP contribution >= 0.6 is 0 Å². The third-order valence-corrected chi connectivity index (χ3v) is 3.41. The fourth-order valence-electron chi connectivity index (χ4n) is 2.19. The first-order valence-electron chi connectivity index (χ1n) is 6.21. The Morgan fingerprint density at radius 3 is 2.69 bits per heavy atom. The molecule has 0 aromatic carbocycles. The summed E-state index contributed by atoms with van der Waals surface area (Å²) in [6.45, 7) is 3.99. The lowest BCUT2D eigenvalue weighted by Gasteiger charge is -2.28. The van der Waals surface area contributed by atoms with Crippen molar-refractivity contribution in [2.45, 2.75) is 51.6 Å². The van der Waals surface area contributed by atoms with Crippen LogP contribution < -0.4 is 11.1 Å². The molecule has 0 aromatic rings. The zero-order chi connectivity index (χ0) is 12.1. The van der Waals surface area contributed by atoms with E-state index in [0.717, 1.165) is 25.7 Å². The van der Waals surface area contributed by atoms with Crippen molar-refractivity contribution in [1.82, 2.24) is 5.32 Å². The minimum atomic E-state index is -0.134. The van der Waals surface area contributed by atoms with Crippen molar-refractivity contribution < 1.29 is 9.90 Å². The number of aliphatic hydroxyl groups excluding tert-OH is 1. The van der Waals surface area contributed by atoms with Crippen LogP contribution in [-0.4, -0.2) is 29.7 Å². The van der Waals surface area contributed by atoms with Crippen molar-refractivity contribution in [3.05, 3.63) is 0 Å². The lowest BCUT2D eigenvalue weighted by Crippen LogP contribution is -2.46. The molecular formula is C12H24N2O2. The molecule has 4 N–H and O–H groups in total. The highest BCUT2D eigenvalue weighted by atomic mass is 16.3. The summed E-state index contributed by atoms with van der Waals surface area (Å²) in [5.41, 5.74) is 5.86. The molecule has 16 heavy (non-hydrogen) atoms. The average molecular weight is 228 g/mol. The second kappa shape index (κ2) is 6.21. The van der Waals surface area contributed by atoms with Gasteiger partial charge in [-0.3, -0.25) is 4.79 Å². The fourth-order valence-corrected chi connectivity index (χ4v) is 2.19. The van der Waals surface area contributed by atoms with Crippen LogP contribution in [0.15, 0.2) is 0 Å². The Labute approximate surface area is 97.6 Å². The molecule has 1 saturated carbocycles. The lowest BCUT2D eigenvalue weighted by molar-refractivity contribution is -0.127. The van der Waals surface area contributed by atoms with Crippen molar-refractivity contribution >= 4 is 5.91 Å². The van der Waals surface area contributed by atoms with Crippen LogP contribution in [0, 0.1) is 11.8 Å². The van der Waals surface area contributed by atoms with E-state index >= 15 is 0 Å². The number of nitrogens with two attached hydrogens (primary N) is 1. The minimum Gasteiger partial charge on any atom is -0.394 e. The van der Waals surface area contributed by atoms with Crippen LogP contribution in [0.2, 0.25) is 0 Å². The molecule has 94 valence electrons. The Hall–Kier alpha value is -0.610.